The van der Waals surface area contributed by atoms with Gasteiger partial charge in [0.1, 0.15) is 0 Å². The van der Waals surface area contributed by atoms with Crippen molar-refractivity contribution >= 4 is 22.9 Å². The maximum absolute atomic E-state index is 12.7. The van der Waals surface area contributed by atoms with Crippen LogP contribution in [0.15, 0.2) is 65.8 Å². The number of aryl methyl sites for hydroxylation is 1. The van der Waals surface area contributed by atoms with Gasteiger partial charge in [0.05, 0.1) is 17.3 Å². The summed E-state index contributed by atoms with van der Waals surface area (Å²) >= 11 is 0. The van der Waals surface area contributed by atoms with Gasteiger partial charge in [0.2, 0.25) is 0 Å². The van der Waals surface area contributed by atoms with E-state index in [0.29, 0.717) is 5.56 Å². The van der Waals surface area contributed by atoms with Crippen molar-refractivity contribution in [1.29, 1.82) is 0 Å². The Kier molecular flexibility index (Phi) is 4.75. The van der Waals surface area contributed by atoms with Gasteiger partial charge in [-0.05, 0) is 41.0 Å². The Labute approximate surface area is 148 Å². The first-order chi connectivity index (χ1) is 12.4. The summed E-state index contributed by atoms with van der Waals surface area (Å²) in [4.78, 5) is 12.5. The summed E-state index contributed by atoms with van der Waals surface area (Å²) in [5.74, 6) is -0.414. The number of hydrogen-bond donors (Lipinski definition) is 1. The Morgan fingerprint density at radius 1 is 1.04 bits per heavy atom. The van der Waals surface area contributed by atoms with Gasteiger partial charge >= 0.3 is 6.18 Å². The van der Waals surface area contributed by atoms with Crippen molar-refractivity contribution in [3.05, 3.63) is 82.9 Å². The molecule has 0 bridgehead atoms. The molecule has 0 aliphatic rings. The number of benzene rings is 3. The molecule has 3 aromatic carbocycles. The van der Waals surface area contributed by atoms with Gasteiger partial charge in [-0.3, -0.25) is 4.79 Å². The van der Waals surface area contributed by atoms with Crippen molar-refractivity contribution in [3.8, 4) is 0 Å². The van der Waals surface area contributed by atoms with Crippen molar-refractivity contribution in [2.75, 3.05) is 0 Å². The van der Waals surface area contributed by atoms with Crippen LogP contribution in [-0.4, -0.2) is 12.1 Å². The van der Waals surface area contributed by atoms with E-state index < -0.39 is 17.6 Å². The molecule has 0 unspecified atom stereocenters. The molecule has 0 saturated carbocycles. The van der Waals surface area contributed by atoms with E-state index in [4.69, 9.17) is 0 Å². The number of rotatable bonds is 3. The molecule has 0 atom stereocenters. The van der Waals surface area contributed by atoms with Gasteiger partial charge in [-0.2, -0.15) is 18.3 Å². The zero-order valence-electron chi connectivity index (χ0n) is 13.8. The standard InChI is InChI=1S/C20H15F3N2O/c1-13-9-10-15-6-2-3-8-17(15)18(13)19(26)25-24-12-14-5-4-7-16(11-14)20(21,22)23/h2-12H,1H3,(H,25,26)/b24-12-. The average Bonchev–Trinajstić information content (AvgIpc) is 2.61. The number of amides is 1. The third-order valence-electron chi connectivity index (χ3n) is 3.96. The molecule has 6 heteroatoms. The minimum Gasteiger partial charge on any atom is -0.267 e. The number of hydrogen-bond acceptors (Lipinski definition) is 2. The predicted octanol–water partition coefficient (Wildman–Crippen LogP) is 4.93. The number of fused-ring (bicyclic) bond motifs is 1. The molecule has 0 radical (unpaired) electrons. The molecule has 0 fully saturated rings. The van der Waals surface area contributed by atoms with Crippen LogP contribution in [0.5, 0.6) is 0 Å². The molecular formula is C20H15F3N2O. The highest BCUT2D eigenvalue weighted by Crippen LogP contribution is 2.29. The lowest BCUT2D eigenvalue weighted by atomic mass is 9.99. The third kappa shape index (κ3) is 3.74. The van der Waals surface area contributed by atoms with Gasteiger partial charge in [-0.1, -0.05) is 48.5 Å². The SMILES string of the molecule is Cc1ccc2ccccc2c1C(=O)N/N=C\c1cccc(C(F)(F)F)c1. The molecule has 1 amide bonds. The summed E-state index contributed by atoms with van der Waals surface area (Å²) < 4.78 is 38.2. The molecule has 0 aliphatic heterocycles. The summed E-state index contributed by atoms with van der Waals surface area (Å²) in [6.07, 6.45) is -3.24. The fourth-order valence-electron chi connectivity index (χ4n) is 2.70. The van der Waals surface area contributed by atoms with Crippen LogP contribution in [0.3, 0.4) is 0 Å². The van der Waals surface area contributed by atoms with Crippen molar-refractivity contribution in [2.24, 2.45) is 5.10 Å². The van der Waals surface area contributed by atoms with Crippen LogP contribution in [0.25, 0.3) is 10.8 Å². The first-order valence-electron chi connectivity index (χ1n) is 7.85. The summed E-state index contributed by atoms with van der Waals surface area (Å²) in [5.41, 5.74) is 3.14. The van der Waals surface area contributed by atoms with Crippen molar-refractivity contribution in [2.45, 2.75) is 13.1 Å². The number of nitrogens with one attached hydrogen (secondary N) is 1. The highest BCUT2D eigenvalue weighted by Gasteiger charge is 2.30. The lowest BCUT2D eigenvalue weighted by Crippen LogP contribution is -2.19. The van der Waals surface area contributed by atoms with Crippen LogP contribution < -0.4 is 5.43 Å². The minimum atomic E-state index is -4.42. The Morgan fingerprint density at radius 2 is 1.81 bits per heavy atom. The number of alkyl halides is 3. The highest BCUT2D eigenvalue weighted by atomic mass is 19.4. The van der Waals surface area contributed by atoms with E-state index in [2.05, 4.69) is 10.5 Å². The number of hydrazone groups is 1. The quantitative estimate of drug-likeness (QED) is 0.525. The largest absolute Gasteiger partial charge is 0.416 e. The number of carbonyl (C=O) groups excluding carboxylic acids is 1. The maximum Gasteiger partial charge on any atom is 0.416 e. The third-order valence-corrected chi connectivity index (χ3v) is 3.96. The van der Waals surface area contributed by atoms with E-state index in [1.807, 2.05) is 43.3 Å². The Bertz CT molecular complexity index is 994. The summed E-state index contributed by atoms with van der Waals surface area (Å²) in [6, 6.07) is 15.9. The van der Waals surface area contributed by atoms with E-state index in [1.54, 1.807) is 0 Å². The lowest BCUT2D eigenvalue weighted by molar-refractivity contribution is -0.137. The zero-order valence-corrected chi connectivity index (χ0v) is 13.8. The van der Waals surface area contributed by atoms with Crippen LogP contribution in [0, 0.1) is 6.92 Å². The Morgan fingerprint density at radius 3 is 2.58 bits per heavy atom. The van der Waals surface area contributed by atoms with Crippen LogP contribution in [0.1, 0.15) is 27.0 Å². The minimum absolute atomic E-state index is 0.245. The molecule has 3 nitrogen and oxygen atoms in total. The van der Waals surface area contributed by atoms with Gasteiger partial charge < -0.3 is 0 Å². The summed E-state index contributed by atoms with van der Waals surface area (Å²) in [7, 11) is 0. The average molecular weight is 356 g/mol. The van der Waals surface area contributed by atoms with E-state index in [-0.39, 0.29) is 5.56 Å². The van der Waals surface area contributed by atoms with Gasteiger partial charge in [-0.15, -0.1) is 0 Å². The Hall–Kier alpha value is -3.15. The first-order valence-corrected chi connectivity index (χ1v) is 7.85. The molecule has 0 spiro atoms. The van der Waals surface area contributed by atoms with Crippen molar-refractivity contribution in [3.63, 3.8) is 0 Å². The van der Waals surface area contributed by atoms with Crippen molar-refractivity contribution < 1.29 is 18.0 Å². The predicted molar refractivity (Wildman–Crippen MR) is 95.2 cm³/mol. The smallest absolute Gasteiger partial charge is 0.267 e. The highest BCUT2D eigenvalue weighted by molar-refractivity contribution is 6.08. The lowest BCUT2D eigenvalue weighted by Gasteiger charge is -2.09. The second kappa shape index (κ2) is 7.00. The van der Waals surface area contributed by atoms with Crippen LogP contribution >= 0.6 is 0 Å². The van der Waals surface area contributed by atoms with E-state index in [0.717, 1.165) is 28.5 Å². The zero-order chi connectivity index (χ0) is 18.7. The second-order valence-corrected chi connectivity index (χ2v) is 5.80. The maximum atomic E-state index is 12.7. The van der Waals surface area contributed by atoms with E-state index in [1.165, 1.54) is 18.3 Å². The fourth-order valence-corrected chi connectivity index (χ4v) is 2.70. The molecule has 0 heterocycles. The van der Waals surface area contributed by atoms with E-state index >= 15 is 0 Å². The number of carbonyl (C=O) groups is 1. The molecule has 3 rings (SSSR count). The van der Waals surface area contributed by atoms with Gasteiger partial charge in [0.15, 0.2) is 0 Å². The van der Waals surface area contributed by atoms with Crippen LogP contribution in [0.2, 0.25) is 0 Å². The Balaban J connectivity index is 1.82. The molecule has 1 N–H and O–H groups in total. The van der Waals surface area contributed by atoms with Crippen LogP contribution in [0.4, 0.5) is 13.2 Å². The number of nitrogens with zero attached hydrogens (tertiary/aromatic N) is 1. The molecule has 0 aromatic heterocycles. The molecule has 0 aliphatic carbocycles. The summed E-state index contributed by atoms with van der Waals surface area (Å²) in [5, 5.41) is 5.51. The second-order valence-electron chi connectivity index (χ2n) is 5.80. The monoisotopic (exact) mass is 356 g/mol. The van der Waals surface area contributed by atoms with Gasteiger partial charge in [0, 0.05) is 0 Å². The van der Waals surface area contributed by atoms with Crippen LogP contribution in [-0.2, 0) is 6.18 Å². The molecular weight excluding hydrogens is 341 g/mol. The molecule has 0 saturated heterocycles. The van der Waals surface area contributed by atoms with Crippen molar-refractivity contribution in [1.82, 2.24) is 5.43 Å². The van der Waals surface area contributed by atoms with Gasteiger partial charge in [-0.25, -0.2) is 5.43 Å². The normalized spacial score (nSPS) is 11.8. The molecule has 132 valence electrons. The topological polar surface area (TPSA) is 41.5 Å². The van der Waals surface area contributed by atoms with Gasteiger partial charge in [0.25, 0.3) is 5.91 Å². The summed E-state index contributed by atoms with van der Waals surface area (Å²) in [6.45, 7) is 1.82. The fraction of sp³-hybridized carbons (Fsp3) is 0.100. The first kappa shape index (κ1) is 17.7. The van der Waals surface area contributed by atoms with E-state index in [9.17, 15) is 18.0 Å². The number of halogens is 3. The molecule has 26 heavy (non-hydrogen) atoms. The molecule has 3 aromatic rings.